The first kappa shape index (κ1) is 31.0. The lowest BCUT2D eigenvalue weighted by Gasteiger charge is -2.21. The number of carbonyl (C=O) groups excluding carboxylic acids is 3. The molecule has 0 bridgehead atoms. The van der Waals surface area contributed by atoms with E-state index in [4.69, 9.17) is 4.65 Å². The Morgan fingerprint density at radius 1 is 0.865 bits per heavy atom. The molecule has 0 radical (unpaired) electrons. The van der Waals surface area contributed by atoms with Crippen molar-refractivity contribution in [3.05, 3.63) is 44.8 Å². The van der Waals surface area contributed by atoms with E-state index in [-0.39, 0.29) is 37.5 Å². The van der Waals surface area contributed by atoms with Crippen molar-refractivity contribution >= 4 is 54.7 Å². The molecule has 2 amide bonds. The van der Waals surface area contributed by atoms with Crippen LogP contribution in [0.25, 0.3) is 0 Å². The lowest BCUT2D eigenvalue weighted by molar-refractivity contribution is -0.136. The molecule has 2 unspecified atom stereocenters. The lowest BCUT2D eigenvalue weighted by Crippen LogP contribution is -2.49. The van der Waals surface area contributed by atoms with Crippen molar-refractivity contribution in [2.75, 3.05) is 0 Å². The van der Waals surface area contributed by atoms with Gasteiger partial charge in [0.15, 0.2) is 0 Å². The Morgan fingerprint density at radius 2 is 1.41 bits per heavy atom. The van der Waals surface area contributed by atoms with Crippen LogP contribution >= 0.6 is 22.7 Å². The minimum absolute atomic E-state index is 0.0132. The average Bonchev–Trinajstić information content (AvgIpc) is 3.54. The van der Waals surface area contributed by atoms with Crippen LogP contribution in [0.1, 0.15) is 68.0 Å². The van der Waals surface area contributed by atoms with Crippen molar-refractivity contribution in [2.45, 2.75) is 83.0 Å². The van der Waals surface area contributed by atoms with Gasteiger partial charge in [-0.1, -0.05) is 44.7 Å². The number of amides is 2. The van der Waals surface area contributed by atoms with E-state index < -0.39 is 32.1 Å². The molecule has 37 heavy (non-hydrogen) atoms. The van der Waals surface area contributed by atoms with Crippen LogP contribution in [0.15, 0.2) is 35.0 Å². The topological polar surface area (TPSA) is 145 Å². The maximum Gasteiger partial charge on any atom is 0.548 e. The highest BCUT2D eigenvalue weighted by Crippen LogP contribution is 2.13. The van der Waals surface area contributed by atoms with E-state index in [2.05, 4.69) is 17.6 Å². The third-order valence-corrected chi connectivity index (χ3v) is 7.50. The Bertz CT molecular complexity index is 930. The summed E-state index contributed by atoms with van der Waals surface area (Å²) < 4.78 is 5.19. The van der Waals surface area contributed by atoms with Crippen LogP contribution in [0.4, 0.5) is 0 Å². The second kappa shape index (κ2) is 17.4. The molecule has 2 heterocycles. The summed E-state index contributed by atoms with van der Waals surface area (Å²) in [5.41, 5.74) is 0. The summed E-state index contributed by atoms with van der Waals surface area (Å²) in [7, 11) is -3.18. The molecule has 0 fully saturated rings. The second-order valence-corrected chi connectivity index (χ2v) is 11.0. The Labute approximate surface area is 226 Å². The molecule has 2 atom stereocenters. The highest BCUT2D eigenvalue weighted by molar-refractivity contribution is 7.10. The number of rotatable bonds is 18. The summed E-state index contributed by atoms with van der Waals surface area (Å²) in [6, 6.07) is 7.40. The van der Waals surface area contributed by atoms with Crippen LogP contribution in [-0.2, 0) is 31.9 Å². The van der Waals surface area contributed by atoms with Crippen molar-refractivity contribution < 1.29 is 34.1 Å². The average molecular weight is 550 g/mol. The van der Waals surface area contributed by atoms with Crippen LogP contribution in [-0.4, -0.2) is 59.0 Å². The number of hydrogen-bond acceptors (Lipinski definition) is 9. The molecule has 2 rings (SSSR count). The lowest BCUT2D eigenvalue weighted by atomic mass is 9.75. The molecule has 202 valence electrons. The molecule has 0 aliphatic heterocycles. The van der Waals surface area contributed by atoms with Crippen molar-refractivity contribution in [3.63, 3.8) is 0 Å². The smallest absolute Gasteiger partial charge is 0.508 e. The molecule has 0 aliphatic carbocycles. The Hall–Kier alpha value is -2.18. The summed E-state index contributed by atoms with van der Waals surface area (Å²) in [4.78, 5) is 38.7. The largest absolute Gasteiger partial charge is 0.548 e. The number of hydrogen-bond donors (Lipinski definition) is 5. The minimum atomic E-state index is -1.72. The maximum atomic E-state index is 12.4. The van der Waals surface area contributed by atoms with E-state index in [0.717, 1.165) is 29.0 Å². The SMILES string of the molecule is CCCCCC(NC(=O)Cc1cccs1)B(O)OC(=O)CCCCC(NC(=O)Cc1cccs1)B(O)O. The molecular formula is C24H36B2N2O7S2. The van der Waals surface area contributed by atoms with Crippen LogP contribution in [0.3, 0.4) is 0 Å². The summed E-state index contributed by atoms with van der Waals surface area (Å²) in [6.45, 7) is 2.05. The summed E-state index contributed by atoms with van der Waals surface area (Å²) in [6.07, 6.45) is 4.62. The van der Waals surface area contributed by atoms with E-state index in [1.54, 1.807) is 0 Å². The highest BCUT2D eigenvalue weighted by Gasteiger charge is 2.32. The highest BCUT2D eigenvalue weighted by atomic mass is 32.1. The first-order valence-electron chi connectivity index (χ1n) is 12.7. The summed E-state index contributed by atoms with van der Waals surface area (Å²) in [5, 5.41) is 38.9. The van der Waals surface area contributed by atoms with Crippen LogP contribution in [0.2, 0.25) is 0 Å². The molecular weight excluding hydrogens is 514 g/mol. The number of nitrogens with one attached hydrogen (secondary N) is 2. The van der Waals surface area contributed by atoms with Gasteiger partial charge in [-0.05, 0) is 42.2 Å². The zero-order valence-corrected chi connectivity index (χ0v) is 22.8. The Morgan fingerprint density at radius 3 is 1.92 bits per heavy atom. The van der Waals surface area contributed by atoms with Crippen molar-refractivity contribution in [3.8, 4) is 0 Å². The zero-order valence-electron chi connectivity index (χ0n) is 21.1. The van der Waals surface area contributed by atoms with E-state index in [1.165, 1.54) is 22.7 Å². The monoisotopic (exact) mass is 550 g/mol. The predicted molar refractivity (Wildman–Crippen MR) is 147 cm³/mol. The van der Waals surface area contributed by atoms with E-state index >= 15 is 0 Å². The van der Waals surface area contributed by atoms with E-state index in [9.17, 15) is 29.5 Å². The van der Waals surface area contributed by atoms with Gasteiger partial charge in [0.05, 0.1) is 24.7 Å². The zero-order chi connectivity index (χ0) is 27.0. The van der Waals surface area contributed by atoms with Gasteiger partial charge in [0.2, 0.25) is 11.8 Å². The predicted octanol–water partition coefficient (Wildman–Crippen LogP) is 2.28. The molecule has 5 N–H and O–H groups in total. The van der Waals surface area contributed by atoms with Gasteiger partial charge in [-0.3, -0.25) is 14.4 Å². The van der Waals surface area contributed by atoms with Gasteiger partial charge in [-0.25, -0.2) is 0 Å². The first-order chi connectivity index (χ1) is 17.8. The molecule has 0 saturated heterocycles. The van der Waals surface area contributed by atoms with Crippen LogP contribution in [0, 0.1) is 0 Å². The normalized spacial score (nSPS) is 12.4. The van der Waals surface area contributed by atoms with Gasteiger partial charge < -0.3 is 30.4 Å². The maximum absolute atomic E-state index is 12.4. The number of carbonyl (C=O) groups is 3. The van der Waals surface area contributed by atoms with Crippen molar-refractivity contribution in [1.29, 1.82) is 0 Å². The Balaban J connectivity index is 1.74. The van der Waals surface area contributed by atoms with Crippen molar-refractivity contribution in [1.82, 2.24) is 10.6 Å². The molecule has 0 spiro atoms. The second-order valence-electron chi connectivity index (χ2n) is 8.90. The molecule has 0 aliphatic rings. The van der Waals surface area contributed by atoms with Gasteiger partial charge in [0.1, 0.15) is 0 Å². The molecule has 2 aromatic rings. The van der Waals surface area contributed by atoms with Gasteiger partial charge >= 0.3 is 14.2 Å². The summed E-state index contributed by atoms with van der Waals surface area (Å²) in [5.74, 6) is -2.71. The summed E-state index contributed by atoms with van der Waals surface area (Å²) >= 11 is 2.92. The fraction of sp³-hybridized carbons (Fsp3) is 0.542. The van der Waals surface area contributed by atoms with E-state index in [0.29, 0.717) is 19.3 Å². The standard InChI is InChI=1S/C24H36B2N2O7S2/c1-2-3-4-12-21(28-23(30)17-19-10-8-15-37-19)26(34)35-24(31)13-6-5-11-20(25(32)33)27-22(29)16-18-9-7-14-36-18/h7-10,14-15,20-21,32-34H,2-6,11-13,16-17H2,1H3,(H,27,29)(H,28,30). The molecule has 13 heteroatoms. The fourth-order valence-electron chi connectivity index (χ4n) is 3.76. The fourth-order valence-corrected chi connectivity index (χ4v) is 5.17. The molecule has 9 nitrogen and oxygen atoms in total. The third kappa shape index (κ3) is 12.8. The van der Waals surface area contributed by atoms with E-state index in [1.807, 2.05) is 35.0 Å². The minimum Gasteiger partial charge on any atom is -0.508 e. The number of unbranched alkanes of at least 4 members (excludes halogenated alkanes) is 3. The quantitative estimate of drug-likeness (QED) is 0.142. The Kier molecular flexibility index (Phi) is 14.6. The van der Waals surface area contributed by atoms with Gasteiger partial charge in [0.25, 0.3) is 5.97 Å². The molecule has 0 saturated carbocycles. The van der Waals surface area contributed by atoms with Gasteiger partial charge in [-0.2, -0.15) is 0 Å². The first-order valence-corrected chi connectivity index (χ1v) is 14.4. The van der Waals surface area contributed by atoms with Crippen LogP contribution < -0.4 is 10.6 Å². The van der Waals surface area contributed by atoms with Crippen LogP contribution in [0.5, 0.6) is 0 Å². The van der Waals surface area contributed by atoms with Crippen molar-refractivity contribution in [2.24, 2.45) is 0 Å². The third-order valence-electron chi connectivity index (χ3n) is 5.74. The van der Waals surface area contributed by atoms with Gasteiger partial charge in [-0.15, -0.1) is 22.7 Å². The molecule has 2 aromatic heterocycles. The molecule has 0 aromatic carbocycles. The van der Waals surface area contributed by atoms with Gasteiger partial charge in [0, 0.05) is 16.2 Å². The number of thiophene rings is 2.